The molecule has 0 unspecified atom stereocenters. The number of nitrogens with one attached hydrogen (secondary N) is 1. The summed E-state index contributed by atoms with van der Waals surface area (Å²) < 4.78 is 13.8. The lowest BCUT2D eigenvalue weighted by Gasteiger charge is -2.34. The number of aromatic amines is 1. The molecule has 2 rings (SSSR count). The van der Waals surface area contributed by atoms with E-state index < -0.39 is 19.8 Å². The standard InChI is InChI=1S/C16H28N3O4Si/c1-5-6-7-22-12-8-16(24(3)4,23-13(12)9-17)19-10-11(2)14(20)18-15(19)21/h10,12-13H,5-9,17H2,1-4H3,(H,18,20,21)/t12-,13+,16-/m0/s1. The van der Waals surface area contributed by atoms with Gasteiger partial charge in [-0.25, -0.2) is 4.79 Å². The molecular formula is C16H28N3O4Si. The molecule has 1 aliphatic rings. The summed E-state index contributed by atoms with van der Waals surface area (Å²) in [6.45, 7) is 8.99. The van der Waals surface area contributed by atoms with Crippen LogP contribution in [0.2, 0.25) is 13.1 Å². The molecule has 0 spiro atoms. The number of nitrogens with two attached hydrogens (primary N) is 1. The number of ether oxygens (including phenoxy) is 2. The van der Waals surface area contributed by atoms with Gasteiger partial charge in [0.15, 0.2) is 0 Å². The van der Waals surface area contributed by atoms with E-state index in [0.29, 0.717) is 25.1 Å². The van der Waals surface area contributed by atoms with Crippen molar-refractivity contribution in [3.05, 3.63) is 32.6 Å². The molecule has 0 saturated carbocycles. The zero-order valence-electron chi connectivity index (χ0n) is 14.9. The third kappa shape index (κ3) is 3.56. The van der Waals surface area contributed by atoms with E-state index in [1.807, 2.05) is 0 Å². The fourth-order valence-corrected chi connectivity index (χ4v) is 4.72. The molecule has 1 fully saturated rings. The fraction of sp³-hybridized carbons (Fsp3) is 0.750. The van der Waals surface area contributed by atoms with Crippen LogP contribution in [0.5, 0.6) is 0 Å². The van der Waals surface area contributed by atoms with Crippen molar-refractivity contribution in [2.24, 2.45) is 5.73 Å². The molecule has 1 radical (unpaired) electrons. The summed E-state index contributed by atoms with van der Waals surface area (Å²) in [7, 11) is -1.10. The van der Waals surface area contributed by atoms with E-state index in [9.17, 15) is 9.59 Å². The Morgan fingerprint density at radius 1 is 1.50 bits per heavy atom. The van der Waals surface area contributed by atoms with Crippen LogP contribution in [0.15, 0.2) is 15.8 Å². The molecule has 0 bridgehead atoms. The van der Waals surface area contributed by atoms with Crippen molar-refractivity contribution in [1.29, 1.82) is 0 Å². The first kappa shape index (κ1) is 19.1. The molecule has 7 nitrogen and oxygen atoms in total. The number of rotatable bonds is 7. The minimum absolute atomic E-state index is 0.138. The average Bonchev–Trinajstić information content (AvgIpc) is 2.91. The van der Waals surface area contributed by atoms with Gasteiger partial charge in [0.05, 0.1) is 12.2 Å². The Morgan fingerprint density at radius 3 is 2.79 bits per heavy atom. The minimum atomic E-state index is -1.10. The van der Waals surface area contributed by atoms with Crippen molar-refractivity contribution >= 4 is 8.80 Å². The normalized spacial score (nSPS) is 27.1. The van der Waals surface area contributed by atoms with E-state index in [2.05, 4.69) is 25.0 Å². The van der Waals surface area contributed by atoms with Crippen LogP contribution in [0.4, 0.5) is 0 Å². The summed E-state index contributed by atoms with van der Waals surface area (Å²) in [5.41, 5.74) is 5.56. The number of hydrogen-bond acceptors (Lipinski definition) is 5. The Morgan fingerprint density at radius 2 is 2.21 bits per heavy atom. The highest BCUT2D eigenvalue weighted by Crippen LogP contribution is 2.38. The quantitative estimate of drug-likeness (QED) is 0.555. The topological polar surface area (TPSA) is 99.3 Å². The van der Waals surface area contributed by atoms with E-state index in [4.69, 9.17) is 15.2 Å². The number of aryl methyl sites for hydroxylation is 1. The second kappa shape index (κ2) is 7.77. The molecule has 8 heteroatoms. The largest absolute Gasteiger partial charge is 0.375 e. The Labute approximate surface area is 143 Å². The van der Waals surface area contributed by atoms with Gasteiger partial charge in [-0.2, -0.15) is 0 Å². The van der Waals surface area contributed by atoms with E-state index >= 15 is 0 Å². The van der Waals surface area contributed by atoms with Crippen LogP contribution in [0.25, 0.3) is 0 Å². The Hall–Kier alpha value is -1.22. The maximum Gasteiger partial charge on any atom is 0.330 e. The van der Waals surface area contributed by atoms with Crippen LogP contribution < -0.4 is 17.0 Å². The monoisotopic (exact) mass is 354 g/mol. The van der Waals surface area contributed by atoms with Gasteiger partial charge in [0.1, 0.15) is 14.1 Å². The lowest BCUT2D eigenvalue weighted by Crippen LogP contribution is -2.52. The Bertz CT molecular complexity index is 672. The van der Waals surface area contributed by atoms with Gasteiger partial charge < -0.3 is 15.2 Å². The van der Waals surface area contributed by atoms with E-state index in [1.165, 1.54) is 0 Å². The van der Waals surface area contributed by atoms with Crippen molar-refractivity contribution in [1.82, 2.24) is 9.55 Å². The van der Waals surface area contributed by atoms with Crippen molar-refractivity contribution in [3.63, 3.8) is 0 Å². The van der Waals surface area contributed by atoms with Crippen LogP contribution in [-0.4, -0.2) is 43.7 Å². The zero-order valence-corrected chi connectivity index (χ0v) is 15.9. The lowest BCUT2D eigenvalue weighted by molar-refractivity contribution is -0.0587. The first-order valence-electron chi connectivity index (χ1n) is 8.49. The highest BCUT2D eigenvalue weighted by atomic mass is 28.3. The molecule has 0 aliphatic carbocycles. The van der Waals surface area contributed by atoms with Crippen LogP contribution >= 0.6 is 0 Å². The summed E-state index contributed by atoms with van der Waals surface area (Å²) in [4.78, 5) is 26.5. The molecule has 1 saturated heterocycles. The number of unbranched alkanes of at least 4 members (excludes halogenated alkanes) is 1. The molecule has 2 heterocycles. The third-order valence-electron chi connectivity index (χ3n) is 4.59. The number of nitrogens with zero attached hydrogens (tertiary/aromatic N) is 1. The van der Waals surface area contributed by atoms with Gasteiger partial charge >= 0.3 is 5.69 Å². The molecule has 1 aromatic heterocycles. The average molecular weight is 355 g/mol. The molecule has 0 aromatic carbocycles. The first-order chi connectivity index (χ1) is 11.4. The van der Waals surface area contributed by atoms with Crippen LogP contribution in [-0.2, 0) is 14.8 Å². The van der Waals surface area contributed by atoms with E-state index in [-0.39, 0.29) is 17.8 Å². The highest BCUT2D eigenvalue weighted by Gasteiger charge is 2.51. The molecule has 1 aromatic rings. The van der Waals surface area contributed by atoms with Crippen LogP contribution in [0, 0.1) is 6.92 Å². The summed E-state index contributed by atoms with van der Waals surface area (Å²) in [5, 5.41) is -0.766. The lowest BCUT2D eigenvalue weighted by atomic mass is 10.1. The second-order valence-corrected chi connectivity index (χ2v) is 9.37. The molecule has 1 aliphatic heterocycles. The summed E-state index contributed by atoms with van der Waals surface area (Å²) in [5.74, 6) is 0. The van der Waals surface area contributed by atoms with Crippen LogP contribution in [0.3, 0.4) is 0 Å². The van der Waals surface area contributed by atoms with Gasteiger partial charge in [-0.15, -0.1) is 0 Å². The predicted octanol–water partition coefficient (Wildman–Crippen LogP) is 0.724. The molecule has 0 amide bonds. The predicted molar refractivity (Wildman–Crippen MR) is 94.7 cm³/mol. The van der Waals surface area contributed by atoms with Gasteiger partial charge in [-0.1, -0.05) is 26.4 Å². The molecule has 3 atom stereocenters. The van der Waals surface area contributed by atoms with Gasteiger partial charge in [-0.05, 0) is 13.3 Å². The van der Waals surface area contributed by atoms with Gasteiger partial charge in [0.2, 0.25) is 0 Å². The van der Waals surface area contributed by atoms with Crippen LogP contribution in [0.1, 0.15) is 31.7 Å². The Balaban J connectivity index is 2.40. The summed E-state index contributed by atoms with van der Waals surface area (Å²) in [6, 6.07) is 0. The Kier molecular flexibility index (Phi) is 6.19. The van der Waals surface area contributed by atoms with Gasteiger partial charge in [0, 0.05) is 31.3 Å². The van der Waals surface area contributed by atoms with Gasteiger partial charge in [0.25, 0.3) is 5.56 Å². The second-order valence-electron chi connectivity index (χ2n) is 6.58. The van der Waals surface area contributed by atoms with Crippen molar-refractivity contribution in [3.8, 4) is 0 Å². The summed E-state index contributed by atoms with van der Waals surface area (Å²) >= 11 is 0. The van der Waals surface area contributed by atoms with E-state index in [1.54, 1.807) is 17.7 Å². The number of aromatic nitrogens is 2. The minimum Gasteiger partial charge on any atom is -0.375 e. The first-order valence-corrected chi connectivity index (χ1v) is 11.0. The molecule has 135 valence electrons. The van der Waals surface area contributed by atoms with Crippen molar-refractivity contribution < 1.29 is 9.47 Å². The molecule has 24 heavy (non-hydrogen) atoms. The maximum absolute atomic E-state index is 12.4. The maximum atomic E-state index is 12.4. The third-order valence-corrected chi connectivity index (χ3v) is 6.72. The van der Waals surface area contributed by atoms with Crippen molar-refractivity contribution in [2.45, 2.75) is 63.8 Å². The van der Waals surface area contributed by atoms with E-state index in [0.717, 1.165) is 12.8 Å². The number of H-pyrrole nitrogens is 1. The smallest absolute Gasteiger partial charge is 0.330 e. The summed E-state index contributed by atoms with van der Waals surface area (Å²) in [6.07, 6.45) is 3.82. The highest BCUT2D eigenvalue weighted by molar-refractivity contribution is 6.58. The van der Waals surface area contributed by atoms with Gasteiger partial charge in [-0.3, -0.25) is 14.3 Å². The SMILES string of the molecule is CCCCO[C@H]1C[C@@](n2cc(C)c(=O)[nH]c2=O)([Si](C)C)O[C@@H]1CN. The zero-order chi connectivity index (χ0) is 17.9. The molecule has 3 N–H and O–H groups in total. The van der Waals surface area contributed by atoms with Crippen molar-refractivity contribution in [2.75, 3.05) is 13.2 Å². The fourth-order valence-electron chi connectivity index (χ4n) is 3.08. The number of hydrogen-bond donors (Lipinski definition) is 2. The molecular weight excluding hydrogens is 326 g/mol.